The predicted molar refractivity (Wildman–Crippen MR) is 70.1 cm³/mol. The minimum Gasteiger partial charge on any atom is -0.495 e. The van der Waals surface area contributed by atoms with E-state index in [2.05, 4.69) is 0 Å². The molecule has 4 heteroatoms. The Labute approximate surface area is 112 Å². The first-order valence-electron chi connectivity index (χ1n) is 5.77. The number of ether oxygens (including phenoxy) is 2. The Kier molecular flexibility index (Phi) is 4.55. The van der Waals surface area contributed by atoms with Gasteiger partial charge < -0.3 is 9.47 Å². The number of hydrogen-bond donors (Lipinski definition) is 0. The van der Waals surface area contributed by atoms with E-state index in [1.54, 1.807) is 7.11 Å². The Morgan fingerprint density at radius 1 is 1.35 bits per heavy atom. The summed E-state index contributed by atoms with van der Waals surface area (Å²) in [7, 11) is 1.61. The average Bonchev–Trinajstić information content (AvgIpc) is 2.39. The summed E-state index contributed by atoms with van der Waals surface area (Å²) in [6.07, 6.45) is 2.02. The standard InChI is InChI=1S/C13H16Cl2O2/c1-16-12-3-2-10(8-11(12)14)13(15)9-4-6-17-7-5-9/h2-3,8-9,13H,4-7H2,1H3. The first-order valence-corrected chi connectivity index (χ1v) is 6.59. The van der Waals surface area contributed by atoms with Crippen molar-refractivity contribution < 1.29 is 9.47 Å². The summed E-state index contributed by atoms with van der Waals surface area (Å²) in [6.45, 7) is 1.61. The Morgan fingerprint density at radius 3 is 2.65 bits per heavy atom. The van der Waals surface area contributed by atoms with E-state index in [0.29, 0.717) is 16.7 Å². The van der Waals surface area contributed by atoms with Gasteiger partial charge in [0.05, 0.1) is 17.5 Å². The van der Waals surface area contributed by atoms with E-state index < -0.39 is 0 Å². The maximum absolute atomic E-state index is 6.50. The van der Waals surface area contributed by atoms with Crippen LogP contribution in [-0.4, -0.2) is 20.3 Å². The summed E-state index contributed by atoms with van der Waals surface area (Å²) in [5, 5.41) is 0.616. The van der Waals surface area contributed by atoms with Crippen LogP contribution in [0.15, 0.2) is 18.2 Å². The molecular weight excluding hydrogens is 259 g/mol. The van der Waals surface area contributed by atoms with Gasteiger partial charge in [-0.3, -0.25) is 0 Å². The van der Waals surface area contributed by atoms with E-state index in [1.165, 1.54) is 0 Å². The van der Waals surface area contributed by atoms with Crippen molar-refractivity contribution in [1.29, 1.82) is 0 Å². The highest BCUT2D eigenvalue weighted by molar-refractivity contribution is 6.32. The molecule has 0 radical (unpaired) electrons. The molecule has 1 aromatic carbocycles. The van der Waals surface area contributed by atoms with Crippen molar-refractivity contribution in [3.8, 4) is 5.75 Å². The lowest BCUT2D eigenvalue weighted by Crippen LogP contribution is -2.19. The normalized spacial score (nSPS) is 19.0. The monoisotopic (exact) mass is 274 g/mol. The van der Waals surface area contributed by atoms with Gasteiger partial charge in [-0.1, -0.05) is 17.7 Å². The molecule has 0 aromatic heterocycles. The van der Waals surface area contributed by atoms with E-state index in [1.807, 2.05) is 18.2 Å². The highest BCUT2D eigenvalue weighted by atomic mass is 35.5. The SMILES string of the molecule is COc1ccc(C(Cl)C2CCOCC2)cc1Cl. The molecule has 0 aliphatic carbocycles. The zero-order valence-corrected chi connectivity index (χ0v) is 11.3. The molecule has 1 atom stereocenters. The minimum atomic E-state index is 0.00214. The van der Waals surface area contributed by atoms with Crippen LogP contribution in [0.2, 0.25) is 5.02 Å². The number of rotatable bonds is 3. The topological polar surface area (TPSA) is 18.5 Å². The number of methoxy groups -OCH3 is 1. The summed E-state index contributed by atoms with van der Waals surface area (Å²) in [6, 6.07) is 5.75. The zero-order valence-electron chi connectivity index (χ0n) is 9.79. The van der Waals surface area contributed by atoms with Gasteiger partial charge in [-0.05, 0) is 36.5 Å². The van der Waals surface area contributed by atoms with Crippen molar-refractivity contribution in [2.24, 2.45) is 5.92 Å². The predicted octanol–water partition coefficient (Wildman–Crippen LogP) is 4.06. The number of alkyl halides is 1. The molecule has 1 aliphatic rings. The molecule has 0 N–H and O–H groups in total. The zero-order chi connectivity index (χ0) is 12.3. The molecule has 1 heterocycles. The molecule has 2 nitrogen and oxygen atoms in total. The third kappa shape index (κ3) is 3.06. The van der Waals surface area contributed by atoms with Crippen LogP contribution in [0.25, 0.3) is 0 Å². The lowest BCUT2D eigenvalue weighted by Gasteiger charge is -2.26. The van der Waals surface area contributed by atoms with E-state index in [4.69, 9.17) is 32.7 Å². The number of benzene rings is 1. The van der Waals surface area contributed by atoms with Crippen molar-refractivity contribution in [2.75, 3.05) is 20.3 Å². The average molecular weight is 275 g/mol. The van der Waals surface area contributed by atoms with Crippen LogP contribution in [-0.2, 0) is 4.74 Å². The smallest absolute Gasteiger partial charge is 0.137 e. The second-order valence-electron chi connectivity index (χ2n) is 4.25. The molecule has 1 aromatic rings. The van der Waals surface area contributed by atoms with Crippen LogP contribution < -0.4 is 4.74 Å². The summed E-state index contributed by atoms with van der Waals surface area (Å²) >= 11 is 12.6. The van der Waals surface area contributed by atoms with Gasteiger partial charge in [-0.25, -0.2) is 0 Å². The van der Waals surface area contributed by atoms with Gasteiger partial charge in [-0.2, -0.15) is 0 Å². The Balaban J connectivity index is 2.12. The molecule has 2 rings (SSSR count). The Hall–Kier alpha value is -0.440. The molecule has 0 bridgehead atoms. The summed E-state index contributed by atoms with van der Waals surface area (Å²) in [5.41, 5.74) is 1.06. The quantitative estimate of drug-likeness (QED) is 0.774. The molecule has 94 valence electrons. The van der Waals surface area contributed by atoms with Crippen LogP contribution in [0.1, 0.15) is 23.8 Å². The number of hydrogen-bond acceptors (Lipinski definition) is 2. The molecular formula is C13H16Cl2O2. The molecule has 0 spiro atoms. The lowest BCUT2D eigenvalue weighted by molar-refractivity contribution is 0.0651. The Bertz CT molecular complexity index is 376. The van der Waals surface area contributed by atoms with Gasteiger partial charge in [0.25, 0.3) is 0 Å². The molecule has 0 amide bonds. The third-order valence-electron chi connectivity index (χ3n) is 3.17. The maximum Gasteiger partial charge on any atom is 0.137 e. The summed E-state index contributed by atoms with van der Waals surface area (Å²) in [4.78, 5) is 0. The maximum atomic E-state index is 6.50. The molecule has 1 aliphatic heterocycles. The molecule has 0 saturated carbocycles. The van der Waals surface area contributed by atoms with Crippen LogP contribution in [0.3, 0.4) is 0 Å². The highest BCUT2D eigenvalue weighted by Crippen LogP contribution is 2.37. The van der Waals surface area contributed by atoms with E-state index in [-0.39, 0.29) is 5.38 Å². The van der Waals surface area contributed by atoms with Gasteiger partial charge in [0.1, 0.15) is 5.75 Å². The molecule has 1 unspecified atom stereocenters. The lowest BCUT2D eigenvalue weighted by atomic mass is 9.92. The van der Waals surface area contributed by atoms with E-state index >= 15 is 0 Å². The summed E-state index contributed by atoms with van der Waals surface area (Å²) in [5.74, 6) is 1.15. The van der Waals surface area contributed by atoms with E-state index in [0.717, 1.165) is 31.6 Å². The van der Waals surface area contributed by atoms with Gasteiger partial charge in [0.15, 0.2) is 0 Å². The van der Waals surface area contributed by atoms with Crippen molar-refractivity contribution in [1.82, 2.24) is 0 Å². The van der Waals surface area contributed by atoms with Crippen molar-refractivity contribution in [3.63, 3.8) is 0 Å². The van der Waals surface area contributed by atoms with Crippen LogP contribution >= 0.6 is 23.2 Å². The van der Waals surface area contributed by atoms with E-state index in [9.17, 15) is 0 Å². The fourth-order valence-electron chi connectivity index (χ4n) is 2.13. The first kappa shape index (κ1) is 13.0. The van der Waals surface area contributed by atoms with Crippen molar-refractivity contribution in [3.05, 3.63) is 28.8 Å². The van der Waals surface area contributed by atoms with Gasteiger partial charge in [-0.15, -0.1) is 11.6 Å². The highest BCUT2D eigenvalue weighted by Gasteiger charge is 2.24. The summed E-state index contributed by atoms with van der Waals surface area (Å²) < 4.78 is 10.5. The van der Waals surface area contributed by atoms with Crippen LogP contribution in [0, 0.1) is 5.92 Å². The minimum absolute atomic E-state index is 0.00214. The molecule has 1 saturated heterocycles. The van der Waals surface area contributed by atoms with Gasteiger partial charge >= 0.3 is 0 Å². The molecule has 17 heavy (non-hydrogen) atoms. The van der Waals surface area contributed by atoms with Crippen molar-refractivity contribution >= 4 is 23.2 Å². The van der Waals surface area contributed by atoms with Gasteiger partial charge in [0, 0.05) is 13.2 Å². The van der Waals surface area contributed by atoms with Crippen LogP contribution in [0.4, 0.5) is 0 Å². The fourth-order valence-corrected chi connectivity index (χ4v) is 2.79. The third-order valence-corrected chi connectivity index (χ3v) is 4.08. The van der Waals surface area contributed by atoms with Crippen LogP contribution in [0.5, 0.6) is 5.75 Å². The largest absolute Gasteiger partial charge is 0.495 e. The van der Waals surface area contributed by atoms with Crippen molar-refractivity contribution in [2.45, 2.75) is 18.2 Å². The molecule has 1 fully saturated rings. The second kappa shape index (κ2) is 5.94. The Morgan fingerprint density at radius 2 is 2.06 bits per heavy atom. The second-order valence-corrected chi connectivity index (χ2v) is 5.12. The number of halogens is 2. The van der Waals surface area contributed by atoms with Gasteiger partial charge in [0.2, 0.25) is 0 Å². The first-order chi connectivity index (χ1) is 8.22. The fraction of sp³-hybridized carbons (Fsp3) is 0.538.